The van der Waals surface area contributed by atoms with Crippen LogP contribution in [0.3, 0.4) is 0 Å². The fourth-order valence-electron chi connectivity index (χ4n) is 7.40. The second-order valence-corrected chi connectivity index (χ2v) is 12.0. The molecule has 4 fully saturated rings. The minimum absolute atomic E-state index is 0.0297. The lowest BCUT2D eigenvalue weighted by Crippen LogP contribution is -2.32. The topological polar surface area (TPSA) is 57.2 Å². The van der Waals surface area contributed by atoms with Gasteiger partial charge in [-0.3, -0.25) is 0 Å². The fraction of sp³-hybridized carbons (Fsp3) is 0.871. The van der Waals surface area contributed by atoms with E-state index in [1.807, 2.05) is 0 Å². The zero-order valence-corrected chi connectivity index (χ0v) is 22.4. The van der Waals surface area contributed by atoms with Crippen LogP contribution in [-0.4, -0.2) is 49.7 Å². The first-order valence-corrected chi connectivity index (χ1v) is 15.3. The maximum atomic E-state index is 9.11. The second kappa shape index (κ2) is 13.9. The summed E-state index contributed by atoms with van der Waals surface area (Å²) < 4.78 is 25.3. The first-order chi connectivity index (χ1) is 17.8. The summed E-state index contributed by atoms with van der Waals surface area (Å²) in [4.78, 5) is 0. The van der Waals surface area contributed by atoms with Crippen molar-refractivity contribution in [3.8, 4) is 0 Å². The average molecular weight is 503 g/mol. The molecule has 0 aromatic rings. The molecule has 0 aromatic heterocycles. The molecule has 0 radical (unpaired) electrons. The van der Waals surface area contributed by atoms with Gasteiger partial charge in [-0.25, -0.2) is 0 Å². The number of fused-ring (bicyclic) bond motifs is 1. The van der Waals surface area contributed by atoms with E-state index in [4.69, 9.17) is 24.1 Å². The summed E-state index contributed by atoms with van der Waals surface area (Å²) in [6, 6.07) is 0. The molecule has 5 heteroatoms. The van der Waals surface area contributed by atoms with Gasteiger partial charge in [0.25, 0.3) is 0 Å². The van der Waals surface area contributed by atoms with Crippen molar-refractivity contribution < 1.29 is 24.1 Å². The molecule has 204 valence electrons. The quantitative estimate of drug-likeness (QED) is 0.238. The van der Waals surface area contributed by atoms with E-state index < -0.39 is 0 Å². The first-order valence-electron chi connectivity index (χ1n) is 15.3. The van der Waals surface area contributed by atoms with Gasteiger partial charge in [0.2, 0.25) is 0 Å². The number of rotatable bonds is 12. The highest BCUT2D eigenvalue weighted by atomic mass is 16.7. The van der Waals surface area contributed by atoms with Crippen LogP contribution in [0.25, 0.3) is 0 Å². The number of hydrogen-bond acceptors (Lipinski definition) is 5. The Morgan fingerprint density at radius 2 is 1.67 bits per heavy atom. The standard InChI is InChI=1S/C31H50O5/c32-17-7-1-2-10-23-20-25-22-29(36-31-14-6-9-19-34-31)26(27(25)21-23)15-16-28(24-11-3-4-12-24)35-30-13-5-8-18-33-30/h15-16,20,24-32H,1-14,17-19,21-22H2/b16-15-/t25-,26-,27-,28+,29+,30?,31?/m0/s1. The number of ether oxygens (including phenoxy) is 4. The Balaban J connectivity index is 1.26. The average Bonchev–Trinajstić information content (AvgIpc) is 3.64. The lowest BCUT2D eigenvalue weighted by molar-refractivity contribution is -0.193. The molecule has 2 heterocycles. The Bertz CT molecular complexity index is 702. The number of allylic oxidation sites excluding steroid dienone is 2. The minimum Gasteiger partial charge on any atom is -0.396 e. The van der Waals surface area contributed by atoms with Crippen molar-refractivity contribution in [2.75, 3.05) is 19.8 Å². The molecule has 0 spiro atoms. The highest BCUT2D eigenvalue weighted by molar-refractivity contribution is 5.21. The molecule has 2 saturated carbocycles. The van der Waals surface area contributed by atoms with Crippen LogP contribution in [0.4, 0.5) is 0 Å². The molecule has 5 aliphatic rings. The van der Waals surface area contributed by atoms with Crippen molar-refractivity contribution >= 4 is 0 Å². The van der Waals surface area contributed by atoms with Crippen molar-refractivity contribution in [3.63, 3.8) is 0 Å². The molecule has 36 heavy (non-hydrogen) atoms. The van der Waals surface area contributed by atoms with Gasteiger partial charge in [0.15, 0.2) is 12.6 Å². The molecule has 2 saturated heterocycles. The molecule has 5 nitrogen and oxygen atoms in total. The largest absolute Gasteiger partial charge is 0.396 e. The van der Waals surface area contributed by atoms with E-state index >= 15 is 0 Å². The molecular formula is C31H50O5. The summed E-state index contributed by atoms with van der Waals surface area (Å²) in [5.74, 6) is 2.30. The van der Waals surface area contributed by atoms with E-state index in [-0.39, 0.29) is 24.8 Å². The summed E-state index contributed by atoms with van der Waals surface area (Å²) in [7, 11) is 0. The molecular weight excluding hydrogens is 452 g/mol. The van der Waals surface area contributed by atoms with Crippen LogP contribution in [0.2, 0.25) is 0 Å². The molecule has 7 atom stereocenters. The van der Waals surface area contributed by atoms with Crippen LogP contribution in [0.15, 0.2) is 23.8 Å². The molecule has 2 unspecified atom stereocenters. The van der Waals surface area contributed by atoms with Crippen LogP contribution in [-0.2, 0) is 18.9 Å². The Morgan fingerprint density at radius 3 is 2.39 bits per heavy atom. The Labute approximate surface area is 219 Å². The van der Waals surface area contributed by atoms with Crippen LogP contribution >= 0.6 is 0 Å². The van der Waals surface area contributed by atoms with E-state index in [0.717, 1.165) is 58.2 Å². The normalized spacial score (nSPS) is 36.4. The van der Waals surface area contributed by atoms with Gasteiger partial charge in [-0.2, -0.15) is 0 Å². The van der Waals surface area contributed by atoms with E-state index in [1.165, 1.54) is 57.8 Å². The highest BCUT2D eigenvalue weighted by Gasteiger charge is 2.45. The lowest BCUT2D eigenvalue weighted by atomic mass is 9.87. The molecule has 5 rings (SSSR count). The van der Waals surface area contributed by atoms with Gasteiger partial charge < -0.3 is 24.1 Å². The van der Waals surface area contributed by atoms with Gasteiger partial charge in [-0.1, -0.05) is 43.1 Å². The summed E-state index contributed by atoms with van der Waals surface area (Å²) in [6.45, 7) is 1.99. The fourth-order valence-corrected chi connectivity index (χ4v) is 7.40. The SMILES string of the molecule is OCCCCCC1=C[C@H]2C[C@@H](OC3CCCCO3)[C@@H](/C=C\[C@@H](OC3CCCCO3)C3CCCC3)[C@H]2C1. The summed E-state index contributed by atoms with van der Waals surface area (Å²) in [5.41, 5.74) is 1.63. The summed E-state index contributed by atoms with van der Waals surface area (Å²) in [6.07, 6.45) is 26.6. The van der Waals surface area contributed by atoms with Crippen LogP contribution < -0.4 is 0 Å². The number of unbranched alkanes of at least 4 members (excludes halogenated alkanes) is 2. The Kier molecular flexibility index (Phi) is 10.4. The van der Waals surface area contributed by atoms with Crippen molar-refractivity contribution in [1.29, 1.82) is 0 Å². The van der Waals surface area contributed by atoms with Crippen molar-refractivity contribution in [1.82, 2.24) is 0 Å². The van der Waals surface area contributed by atoms with Gasteiger partial charge in [0, 0.05) is 25.7 Å². The maximum absolute atomic E-state index is 9.11. The lowest BCUT2D eigenvalue weighted by Gasteiger charge is -2.31. The zero-order valence-electron chi connectivity index (χ0n) is 22.4. The smallest absolute Gasteiger partial charge is 0.158 e. The number of aliphatic hydroxyl groups is 1. The molecule has 2 aliphatic heterocycles. The van der Waals surface area contributed by atoms with Gasteiger partial charge in [-0.05, 0) is 101 Å². The Hall–Kier alpha value is -0.720. The highest BCUT2D eigenvalue weighted by Crippen LogP contribution is 2.50. The molecule has 0 amide bonds. The molecule has 0 bridgehead atoms. The van der Waals surface area contributed by atoms with E-state index in [1.54, 1.807) is 5.57 Å². The van der Waals surface area contributed by atoms with E-state index in [0.29, 0.717) is 30.3 Å². The second-order valence-electron chi connectivity index (χ2n) is 12.0. The summed E-state index contributed by atoms with van der Waals surface area (Å²) in [5, 5.41) is 9.11. The van der Waals surface area contributed by atoms with Crippen molar-refractivity contribution in [2.24, 2.45) is 23.7 Å². The van der Waals surface area contributed by atoms with Gasteiger partial charge >= 0.3 is 0 Å². The summed E-state index contributed by atoms with van der Waals surface area (Å²) >= 11 is 0. The molecule has 1 N–H and O–H groups in total. The zero-order chi connectivity index (χ0) is 24.6. The Morgan fingerprint density at radius 1 is 0.917 bits per heavy atom. The number of hydrogen-bond donors (Lipinski definition) is 1. The number of aliphatic hydroxyl groups excluding tert-OH is 1. The minimum atomic E-state index is -0.0355. The third-order valence-electron chi connectivity index (χ3n) is 9.38. The van der Waals surface area contributed by atoms with Crippen LogP contribution in [0, 0.1) is 23.7 Å². The van der Waals surface area contributed by atoms with Crippen molar-refractivity contribution in [3.05, 3.63) is 23.8 Å². The van der Waals surface area contributed by atoms with Crippen LogP contribution in [0.5, 0.6) is 0 Å². The van der Waals surface area contributed by atoms with Gasteiger partial charge in [0.1, 0.15) is 0 Å². The van der Waals surface area contributed by atoms with E-state index in [9.17, 15) is 0 Å². The monoisotopic (exact) mass is 502 g/mol. The predicted octanol–water partition coefficient (Wildman–Crippen LogP) is 6.69. The predicted molar refractivity (Wildman–Crippen MR) is 141 cm³/mol. The third kappa shape index (κ3) is 7.22. The van der Waals surface area contributed by atoms with Crippen LogP contribution in [0.1, 0.15) is 103 Å². The van der Waals surface area contributed by atoms with Crippen molar-refractivity contribution in [2.45, 2.75) is 128 Å². The first kappa shape index (κ1) is 26.9. The van der Waals surface area contributed by atoms with Gasteiger partial charge in [0.05, 0.1) is 12.2 Å². The maximum Gasteiger partial charge on any atom is 0.158 e. The molecule has 0 aromatic carbocycles. The van der Waals surface area contributed by atoms with Gasteiger partial charge in [-0.15, -0.1) is 0 Å². The molecule has 3 aliphatic carbocycles. The third-order valence-corrected chi connectivity index (χ3v) is 9.38. The van der Waals surface area contributed by atoms with E-state index in [2.05, 4.69) is 18.2 Å².